The molecule has 2 amide bonds. The fourth-order valence-corrected chi connectivity index (χ4v) is 4.54. The van der Waals surface area contributed by atoms with Crippen molar-refractivity contribution in [1.82, 2.24) is 15.5 Å². The molecular weight excluding hydrogens is 388 g/mol. The molecule has 0 bridgehead atoms. The van der Waals surface area contributed by atoms with Gasteiger partial charge in [-0.1, -0.05) is 31.1 Å². The van der Waals surface area contributed by atoms with Crippen LogP contribution in [0.5, 0.6) is 0 Å². The summed E-state index contributed by atoms with van der Waals surface area (Å²) < 4.78 is 4.73. The number of aromatic nitrogens is 2. The van der Waals surface area contributed by atoms with E-state index in [-0.39, 0.29) is 29.5 Å². The van der Waals surface area contributed by atoms with Crippen molar-refractivity contribution in [3.05, 3.63) is 63.4 Å². The third kappa shape index (κ3) is 4.07. The number of benzene rings is 1. The van der Waals surface area contributed by atoms with Crippen LogP contribution >= 0.6 is 11.3 Å². The Hall–Kier alpha value is -3.00. The fourth-order valence-electron chi connectivity index (χ4n) is 3.52. The van der Waals surface area contributed by atoms with Crippen LogP contribution in [0.4, 0.5) is 5.69 Å². The van der Waals surface area contributed by atoms with Crippen molar-refractivity contribution < 1.29 is 14.1 Å². The molecule has 2 N–H and O–H groups in total. The van der Waals surface area contributed by atoms with Crippen LogP contribution in [-0.4, -0.2) is 22.0 Å². The summed E-state index contributed by atoms with van der Waals surface area (Å²) in [5.74, 6) is -0.484. The average molecular weight is 410 g/mol. The van der Waals surface area contributed by atoms with Crippen molar-refractivity contribution in [2.75, 3.05) is 5.32 Å². The minimum atomic E-state index is -0.335. The molecule has 2 aromatic heterocycles. The van der Waals surface area contributed by atoms with Gasteiger partial charge in [-0.15, -0.1) is 11.3 Å². The second-order valence-corrected chi connectivity index (χ2v) is 8.29. The van der Waals surface area contributed by atoms with E-state index in [2.05, 4.69) is 26.8 Å². The Labute approximate surface area is 172 Å². The van der Waals surface area contributed by atoms with Gasteiger partial charge in [0.1, 0.15) is 17.0 Å². The van der Waals surface area contributed by atoms with Crippen molar-refractivity contribution >= 4 is 28.8 Å². The predicted octanol–water partition coefficient (Wildman–Crippen LogP) is 4.00. The molecule has 0 aliphatic heterocycles. The van der Waals surface area contributed by atoms with Gasteiger partial charge >= 0.3 is 0 Å². The highest BCUT2D eigenvalue weighted by Gasteiger charge is 2.25. The van der Waals surface area contributed by atoms with Crippen LogP contribution in [0.25, 0.3) is 0 Å². The Balaban J connectivity index is 1.49. The van der Waals surface area contributed by atoms with Crippen molar-refractivity contribution in [3.63, 3.8) is 0 Å². The van der Waals surface area contributed by atoms with Gasteiger partial charge < -0.3 is 15.2 Å². The van der Waals surface area contributed by atoms with Gasteiger partial charge in [-0.05, 0) is 42.4 Å². The van der Waals surface area contributed by atoms with Gasteiger partial charge in [0.15, 0.2) is 5.69 Å². The maximum absolute atomic E-state index is 12.8. The Morgan fingerprint density at radius 3 is 2.76 bits per heavy atom. The van der Waals surface area contributed by atoms with Crippen molar-refractivity contribution in [1.29, 1.82) is 0 Å². The lowest BCUT2D eigenvalue weighted by Gasteiger charge is -2.19. The van der Waals surface area contributed by atoms with Crippen LogP contribution in [0, 0.1) is 5.92 Å². The molecule has 1 aliphatic rings. The number of nitrogens with one attached hydrogen (secondary N) is 2. The monoisotopic (exact) mass is 410 g/mol. The van der Waals surface area contributed by atoms with E-state index in [1.807, 2.05) is 26.0 Å². The smallest absolute Gasteiger partial charge is 0.275 e. The lowest BCUT2D eigenvalue weighted by molar-refractivity contribution is 0.0916. The summed E-state index contributed by atoms with van der Waals surface area (Å²) >= 11 is 1.36. The first-order valence-corrected chi connectivity index (χ1v) is 10.5. The van der Waals surface area contributed by atoms with E-state index < -0.39 is 0 Å². The molecule has 0 fully saturated rings. The number of carbonyl (C=O) groups excluding carboxylic acids is 2. The second-order valence-electron chi connectivity index (χ2n) is 7.40. The summed E-state index contributed by atoms with van der Waals surface area (Å²) in [6.45, 7) is 3.98. The minimum Gasteiger partial charge on any atom is -0.364 e. The summed E-state index contributed by atoms with van der Waals surface area (Å²) in [7, 11) is 0. The number of nitrogens with zero attached hydrogens (tertiary/aromatic N) is 2. The SMILES string of the molecule is CC(C)[C@H](NC(=O)c1ccon1)c1nc(C(=O)Nc2cccc3c2CCC3)cs1. The van der Waals surface area contributed by atoms with Gasteiger partial charge in [0.25, 0.3) is 11.8 Å². The largest absolute Gasteiger partial charge is 0.364 e. The molecular formula is C21H22N4O3S. The number of amides is 2. The zero-order valence-electron chi connectivity index (χ0n) is 16.3. The summed E-state index contributed by atoms with van der Waals surface area (Å²) in [6.07, 6.45) is 4.51. The molecule has 8 heteroatoms. The molecule has 1 atom stereocenters. The second kappa shape index (κ2) is 8.16. The predicted molar refractivity (Wildman–Crippen MR) is 110 cm³/mol. The Morgan fingerprint density at radius 2 is 2.00 bits per heavy atom. The van der Waals surface area contributed by atoms with Gasteiger partial charge in [0.2, 0.25) is 0 Å². The number of anilines is 1. The van der Waals surface area contributed by atoms with E-state index >= 15 is 0 Å². The summed E-state index contributed by atoms with van der Waals surface area (Å²) in [6, 6.07) is 7.20. The highest BCUT2D eigenvalue weighted by Crippen LogP contribution is 2.30. The van der Waals surface area contributed by atoms with Crippen molar-refractivity contribution in [2.24, 2.45) is 5.92 Å². The normalized spacial score (nSPS) is 13.9. The van der Waals surface area contributed by atoms with Crippen LogP contribution in [0.1, 0.15) is 63.4 Å². The van der Waals surface area contributed by atoms with Crippen molar-refractivity contribution in [3.8, 4) is 0 Å². The first kappa shape index (κ1) is 19.3. The van der Waals surface area contributed by atoms with Crippen LogP contribution in [-0.2, 0) is 12.8 Å². The molecule has 150 valence electrons. The Kier molecular flexibility index (Phi) is 5.44. The van der Waals surface area contributed by atoms with E-state index in [0.717, 1.165) is 24.9 Å². The molecule has 0 unspecified atom stereocenters. The number of thiazole rings is 1. The molecule has 0 saturated heterocycles. The third-order valence-corrected chi connectivity index (χ3v) is 5.97. The standard InChI is InChI=1S/C21H22N4O3S/c1-12(2)18(24-19(26)16-9-10-28-25-16)21-23-17(11-29-21)20(27)22-15-8-4-6-13-5-3-7-14(13)15/h4,6,8-12,18H,3,5,7H2,1-2H3,(H,22,27)(H,24,26)/t18-/m0/s1. The van der Waals surface area contributed by atoms with E-state index in [0.29, 0.717) is 10.7 Å². The molecule has 3 aromatic rings. The van der Waals surface area contributed by atoms with E-state index in [1.54, 1.807) is 5.38 Å². The average Bonchev–Trinajstić information content (AvgIpc) is 3.47. The number of carbonyl (C=O) groups is 2. The first-order chi connectivity index (χ1) is 14.0. The van der Waals surface area contributed by atoms with Gasteiger partial charge in [-0.3, -0.25) is 9.59 Å². The summed E-state index contributed by atoms with van der Waals surface area (Å²) in [4.78, 5) is 29.6. The lowest BCUT2D eigenvalue weighted by atomic mass is 10.0. The zero-order valence-corrected chi connectivity index (χ0v) is 17.1. The van der Waals surface area contributed by atoms with Crippen LogP contribution in [0.15, 0.2) is 40.4 Å². The summed E-state index contributed by atoms with van der Waals surface area (Å²) in [5.41, 5.74) is 3.94. The molecule has 29 heavy (non-hydrogen) atoms. The molecule has 4 rings (SSSR count). The Morgan fingerprint density at radius 1 is 1.14 bits per heavy atom. The molecule has 0 spiro atoms. The van der Waals surface area contributed by atoms with Gasteiger partial charge in [-0.25, -0.2) is 4.98 Å². The fraction of sp³-hybridized carbons (Fsp3) is 0.333. The van der Waals surface area contributed by atoms with Gasteiger partial charge in [0.05, 0.1) is 6.04 Å². The maximum atomic E-state index is 12.8. The molecule has 1 aromatic carbocycles. The van der Waals surface area contributed by atoms with E-state index in [1.165, 1.54) is 34.8 Å². The van der Waals surface area contributed by atoms with Gasteiger partial charge in [0, 0.05) is 17.1 Å². The molecule has 2 heterocycles. The topological polar surface area (TPSA) is 97.1 Å². The third-order valence-electron chi connectivity index (χ3n) is 5.04. The van der Waals surface area contributed by atoms with Crippen LogP contribution in [0.3, 0.4) is 0 Å². The van der Waals surface area contributed by atoms with E-state index in [9.17, 15) is 9.59 Å². The first-order valence-electron chi connectivity index (χ1n) is 9.61. The Bertz CT molecular complexity index is 1030. The van der Waals surface area contributed by atoms with Crippen LogP contribution in [0.2, 0.25) is 0 Å². The van der Waals surface area contributed by atoms with Crippen molar-refractivity contribution in [2.45, 2.75) is 39.2 Å². The molecule has 1 aliphatic carbocycles. The molecule has 0 radical (unpaired) electrons. The highest BCUT2D eigenvalue weighted by molar-refractivity contribution is 7.10. The van der Waals surface area contributed by atoms with E-state index in [4.69, 9.17) is 4.52 Å². The number of rotatable bonds is 6. The van der Waals surface area contributed by atoms with Gasteiger partial charge in [-0.2, -0.15) is 0 Å². The zero-order chi connectivity index (χ0) is 20.4. The van der Waals surface area contributed by atoms with Crippen LogP contribution < -0.4 is 10.6 Å². The number of aryl methyl sites for hydroxylation is 1. The molecule has 0 saturated carbocycles. The number of fused-ring (bicyclic) bond motifs is 1. The highest BCUT2D eigenvalue weighted by atomic mass is 32.1. The number of hydrogen-bond acceptors (Lipinski definition) is 6. The maximum Gasteiger partial charge on any atom is 0.275 e. The minimum absolute atomic E-state index is 0.0882. The quantitative estimate of drug-likeness (QED) is 0.640. The summed E-state index contributed by atoms with van der Waals surface area (Å²) in [5, 5.41) is 12.0. The molecule has 7 nitrogen and oxygen atoms in total. The lowest BCUT2D eigenvalue weighted by Crippen LogP contribution is -2.32. The number of hydrogen-bond donors (Lipinski definition) is 2.